The van der Waals surface area contributed by atoms with Crippen molar-refractivity contribution < 1.29 is 9.59 Å². The van der Waals surface area contributed by atoms with Gasteiger partial charge in [-0.3, -0.25) is 14.4 Å². The predicted octanol–water partition coefficient (Wildman–Crippen LogP) is 3.82. The topological polar surface area (TPSA) is 72.3 Å². The second-order valence-corrected chi connectivity index (χ2v) is 8.34. The molecule has 1 aliphatic rings. The van der Waals surface area contributed by atoms with Gasteiger partial charge < -0.3 is 4.90 Å². The maximum Gasteiger partial charge on any atom is 0.274 e. The first-order valence-corrected chi connectivity index (χ1v) is 10.8. The van der Waals surface area contributed by atoms with Crippen LogP contribution in [0.4, 0.5) is 0 Å². The molecule has 6 heteroatoms. The van der Waals surface area contributed by atoms with Crippen molar-refractivity contribution in [2.75, 3.05) is 13.1 Å². The first-order valence-electron chi connectivity index (χ1n) is 10.8. The highest BCUT2D eigenvalue weighted by atomic mass is 16.2. The molecule has 4 aromatic rings. The summed E-state index contributed by atoms with van der Waals surface area (Å²) in [5.41, 5.74) is 0.690. The number of ketones is 1. The minimum atomic E-state index is -0.257. The molecule has 1 amide bonds. The molecule has 1 unspecified atom stereocenters. The predicted molar refractivity (Wildman–Crippen MR) is 124 cm³/mol. The normalized spacial score (nSPS) is 16.4. The Morgan fingerprint density at radius 1 is 0.938 bits per heavy atom. The van der Waals surface area contributed by atoms with Gasteiger partial charge in [0.05, 0.1) is 5.39 Å². The van der Waals surface area contributed by atoms with Gasteiger partial charge in [0.2, 0.25) is 0 Å². The highest BCUT2D eigenvalue weighted by molar-refractivity contribution is 6.05. The first kappa shape index (κ1) is 20.1. The van der Waals surface area contributed by atoms with E-state index in [0.29, 0.717) is 29.4 Å². The van der Waals surface area contributed by atoms with Crippen molar-refractivity contribution in [2.45, 2.75) is 12.8 Å². The molecule has 0 saturated carbocycles. The van der Waals surface area contributed by atoms with Gasteiger partial charge >= 0.3 is 0 Å². The number of likely N-dealkylation sites (tertiary alicyclic amines) is 1. The molecular weight excluding hydrogens is 402 g/mol. The Kier molecular flexibility index (Phi) is 5.05. The number of Topliss-reactive ketones (excluding diaryl/α,β-unsaturated/α-hetero) is 1. The monoisotopic (exact) mass is 425 g/mol. The number of carbonyl (C=O) groups is 2. The van der Waals surface area contributed by atoms with Crippen molar-refractivity contribution in [3.05, 3.63) is 88.3 Å². The van der Waals surface area contributed by atoms with Crippen LogP contribution in [0.1, 0.15) is 33.7 Å². The minimum Gasteiger partial charge on any atom is -0.336 e. The van der Waals surface area contributed by atoms with Gasteiger partial charge in [-0.05, 0) is 35.7 Å². The van der Waals surface area contributed by atoms with E-state index in [2.05, 4.69) is 5.10 Å². The highest BCUT2D eigenvalue weighted by Gasteiger charge is 2.31. The minimum absolute atomic E-state index is 0.0616. The molecule has 0 spiro atoms. The third-order valence-electron chi connectivity index (χ3n) is 6.27. The molecule has 1 saturated heterocycles. The maximum atomic E-state index is 13.4. The number of piperidine rings is 1. The molecule has 0 bridgehead atoms. The summed E-state index contributed by atoms with van der Waals surface area (Å²) in [6, 6.07) is 20.8. The Labute approximate surface area is 185 Å². The van der Waals surface area contributed by atoms with Crippen molar-refractivity contribution in [3.8, 4) is 0 Å². The fourth-order valence-corrected chi connectivity index (χ4v) is 4.56. The zero-order valence-corrected chi connectivity index (χ0v) is 17.8. The third kappa shape index (κ3) is 3.47. The number of carbonyl (C=O) groups excluding carboxylic acids is 2. The van der Waals surface area contributed by atoms with Crippen LogP contribution in [0.2, 0.25) is 0 Å². The van der Waals surface area contributed by atoms with Crippen LogP contribution in [0.5, 0.6) is 0 Å². The molecule has 0 N–H and O–H groups in total. The molecular formula is C26H23N3O3. The van der Waals surface area contributed by atoms with Crippen LogP contribution in [-0.2, 0) is 7.05 Å². The summed E-state index contributed by atoms with van der Waals surface area (Å²) in [5.74, 6) is -0.438. The van der Waals surface area contributed by atoms with Gasteiger partial charge in [0.25, 0.3) is 11.5 Å². The summed E-state index contributed by atoms with van der Waals surface area (Å²) < 4.78 is 1.21. The van der Waals surface area contributed by atoms with Crippen LogP contribution in [-0.4, -0.2) is 39.5 Å². The zero-order valence-electron chi connectivity index (χ0n) is 17.8. The molecule has 1 atom stereocenters. The number of fused-ring (bicyclic) bond motifs is 2. The smallest absolute Gasteiger partial charge is 0.274 e. The fraction of sp³-hybridized carbons (Fsp3) is 0.231. The Hall–Kier alpha value is -3.80. The number of amides is 1. The van der Waals surface area contributed by atoms with E-state index in [0.717, 1.165) is 23.6 Å². The lowest BCUT2D eigenvalue weighted by Gasteiger charge is -2.32. The molecule has 1 aromatic heterocycles. The van der Waals surface area contributed by atoms with Crippen LogP contribution in [0.25, 0.3) is 21.5 Å². The summed E-state index contributed by atoms with van der Waals surface area (Å²) in [5, 5.41) is 7.40. The van der Waals surface area contributed by atoms with E-state index < -0.39 is 0 Å². The Bertz CT molecular complexity index is 1420. The lowest BCUT2D eigenvalue weighted by Crippen LogP contribution is -2.43. The van der Waals surface area contributed by atoms with Gasteiger partial charge in [0.1, 0.15) is 0 Å². The number of aryl methyl sites for hydroxylation is 1. The number of benzene rings is 3. The molecule has 0 aliphatic carbocycles. The average molecular weight is 425 g/mol. The van der Waals surface area contributed by atoms with E-state index in [-0.39, 0.29) is 28.9 Å². The molecule has 32 heavy (non-hydrogen) atoms. The van der Waals surface area contributed by atoms with E-state index in [1.165, 1.54) is 4.68 Å². The van der Waals surface area contributed by atoms with Crippen molar-refractivity contribution in [1.82, 2.24) is 14.7 Å². The molecule has 6 nitrogen and oxygen atoms in total. The Balaban J connectivity index is 1.43. The van der Waals surface area contributed by atoms with Crippen LogP contribution >= 0.6 is 0 Å². The second kappa shape index (κ2) is 8.04. The fourth-order valence-electron chi connectivity index (χ4n) is 4.56. The van der Waals surface area contributed by atoms with Gasteiger partial charge in [-0.15, -0.1) is 0 Å². The van der Waals surface area contributed by atoms with Gasteiger partial charge in [0.15, 0.2) is 11.5 Å². The SMILES string of the molecule is Cn1nc(C(=O)N2CCCC(C(=O)c3ccc4ccccc4c3)C2)c2ccccc2c1=O. The van der Waals surface area contributed by atoms with Crippen LogP contribution in [0.3, 0.4) is 0 Å². The molecule has 0 radical (unpaired) electrons. The van der Waals surface area contributed by atoms with Crippen LogP contribution < -0.4 is 5.56 Å². The third-order valence-corrected chi connectivity index (χ3v) is 6.27. The number of aromatic nitrogens is 2. The Morgan fingerprint density at radius 2 is 1.66 bits per heavy atom. The van der Waals surface area contributed by atoms with Crippen LogP contribution in [0, 0.1) is 5.92 Å². The van der Waals surface area contributed by atoms with E-state index in [1.54, 1.807) is 36.2 Å². The van der Waals surface area contributed by atoms with Gasteiger partial charge in [-0.2, -0.15) is 5.10 Å². The van der Waals surface area contributed by atoms with Crippen molar-refractivity contribution in [2.24, 2.45) is 13.0 Å². The maximum absolute atomic E-state index is 13.4. The van der Waals surface area contributed by atoms with Gasteiger partial charge in [-0.1, -0.05) is 54.6 Å². The van der Waals surface area contributed by atoms with E-state index in [9.17, 15) is 14.4 Å². The molecule has 2 heterocycles. The largest absolute Gasteiger partial charge is 0.336 e. The molecule has 3 aromatic carbocycles. The van der Waals surface area contributed by atoms with Crippen LogP contribution in [0.15, 0.2) is 71.5 Å². The lowest BCUT2D eigenvalue weighted by molar-refractivity contribution is 0.0632. The summed E-state index contributed by atoms with van der Waals surface area (Å²) in [6.45, 7) is 0.919. The van der Waals surface area contributed by atoms with Crippen molar-refractivity contribution in [1.29, 1.82) is 0 Å². The summed E-state index contributed by atoms with van der Waals surface area (Å²) in [6.07, 6.45) is 1.50. The summed E-state index contributed by atoms with van der Waals surface area (Å²) in [4.78, 5) is 40.8. The van der Waals surface area contributed by atoms with Gasteiger partial charge in [0, 0.05) is 37.0 Å². The average Bonchev–Trinajstić information content (AvgIpc) is 2.85. The zero-order chi connectivity index (χ0) is 22.2. The summed E-state index contributed by atoms with van der Waals surface area (Å²) in [7, 11) is 1.55. The molecule has 1 fully saturated rings. The lowest BCUT2D eigenvalue weighted by atomic mass is 9.89. The molecule has 160 valence electrons. The standard InChI is InChI=1S/C26H23N3O3/c1-28-25(31)22-11-5-4-10-21(22)23(27-28)26(32)29-14-6-9-20(16-29)24(30)19-13-12-17-7-2-3-8-18(17)15-19/h2-5,7-8,10-13,15,20H,6,9,14,16H2,1H3. The number of hydrogen-bond donors (Lipinski definition) is 0. The Morgan fingerprint density at radius 3 is 2.47 bits per heavy atom. The van der Waals surface area contributed by atoms with Gasteiger partial charge in [-0.25, -0.2) is 4.68 Å². The second-order valence-electron chi connectivity index (χ2n) is 8.34. The van der Waals surface area contributed by atoms with E-state index in [4.69, 9.17) is 0 Å². The summed E-state index contributed by atoms with van der Waals surface area (Å²) >= 11 is 0. The molecule has 5 rings (SSSR count). The van der Waals surface area contributed by atoms with E-state index in [1.807, 2.05) is 42.5 Å². The quantitative estimate of drug-likeness (QED) is 0.468. The number of hydrogen-bond acceptors (Lipinski definition) is 4. The highest BCUT2D eigenvalue weighted by Crippen LogP contribution is 2.25. The first-order chi connectivity index (χ1) is 15.5. The van der Waals surface area contributed by atoms with Crippen molar-refractivity contribution in [3.63, 3.8) is 0 Å². The van der Waals surface area contributed by atoms with E-state index >= 15 is 0 Å². The number of rotatable bonds is 3. The molecule has 1 aliphatic heterocycles. The number of nitrogens with zero attached hydrogens (tertiary/aromatic N) is 3. The van der Waals surface area contributed by atoms with Crippen molar-refractivity contribution >= 4 is 33.2 Å².